The molecule has 1 saturated heterocycles. The summed E-state index contributed by atoms with van der Waals surface area (Å²) in [4.78, 5) is 0. The first-order chi connectivity index (χ1) is 9.95. The molecular formula is C17H26FNO2. The predicted molar refractivity (Wildman–Crippen MR) is 83.0 cm³/mol. The van der Waals surface area contributed by atoms with E-state index < -0.39 is 5.67 Å². The average Bonchev–Trinajstić information content (AvgIpc) is 2.46. The zero-order valence-corrected chi connectivity index (χ0v) is 13.5. The highest BCUT2D eigenvalue weighted by Crippen LogP contribution is 2.38. The van der Waals surface area contributed by atoms with Crippen LogP contribution in [0.25, 0.3) is 0 Å². The molecule has 1 heterocycles. The van der Waals surface area contributed by atoms with Crippen molar-refractivity contribution in [2.45, 2.75) is 38.8 Å². The van der Waals surface area contributed by atoms with E-state index in [0.717, 1.165) is 30.8 Å². The van der Waals surface area contributed by atoms with Gasteiger partial charge in [0.2, 0.25) is 0 Å². The largest absolute Gasteiger partial charge is 0.496 e. The summed E-state index contributed by atoms with van der Waals surface area (Å²) in [6.45, 7) is 5.21. The number of alkyl halides is 1. The zero-order valence-electron chi connectivity index (χ0n) is 13.5. The highest BCUT2D eigenvalue weighted by molar-refractivity contribution is 5.49. The number of hydrogen-bond acceptors (Lipinski definition) is 3. The first kappa shape index (κ1) is 16.1. The fourth-order valence-electron chi connectivity index (χ4n) is 2.99. The van der Waals surface area contributed by atoms with Crippen molar-refractivity contribution < 1.29 is 13.9 Å². The van der Waals surface area contributed by atoms with Crippen LogP contribution in [-0.2, 0) is 12.1 Å². The normalized spacial score (nSPS) is 19.4. The number of methoxy groups -OCH3 is 2. The van der Waals surface area contributed by atoms with E-state index in [1.807, 2.05) is 6.07 Å². The lowest BCUT2D eigenvalue weighted by Gasteiger charge is -2.25. The summed E-state index contributed by atoms with van der Waals surface area (Å²) in [7, 11) is 3.22. The second-order valence-electron chi connectivity index (χ2n) is 6.25. The van der Waals surface area contributed by atoms with Crippen molar-refractivity contribution >= 4 is 0 Å². The van der Waals surface area contributed by atoms with Crippen molar-refractivity contribution in [2.75, 3.05) is 27.3 Å². The van der Waals surface area contributed by atoms with Crippen LogP contribution in [0.4, 0.5) is 4.39 Å². The summed E-state index contributed by atoms with van der Waals surface area (Å²) in [5.41, 5.74) is 0.173. The van der Waals surface area contributed by atoms with Crippen molar-refractivity contribution in [2.24, 2.45) is 5.92 Å². The van der Waals surface area contributed by atoms with Crippen LogP contribution in [0.15, 0.2) is 12.1 Å². The van der Waals surface area contributed by atoms with Gasteiger partial charge in [0.1, 0.15) is 17.2 Å². The lowest BCUT2D eigenvalue weighted by atomic mass is 9.89. The molecule has 1 N–H and O–H groups in total. The summed E-state index contributed by atoms with van der Waals surface area (Å²) in [6, 6.07) is 3.72. The Balaban J connectivity index is 2.31. The molecule has 2 rings (SSSR count). The topological polar surface area (TPSA) is 30.5 Å². The monoisotopic (exact) mass is 295 g/mol. The molecule has 1 aliphatic rings. The molecule has 4 heteroatoms. The maximum Gasteiger partial charge on any atom is 0.134 e. The van der Waals surface area contributed by atoms with Gasteiger partial charge >= 0.3 is 0 Å². The Bertz CT molecular complexity index is 476. The minimum atomic E-state index is -1.45. The lowest BCUT2D eigenvalue weighted by Crippen LogP contribution is -2.31. The summed E-state index contributed by atoms with van der Waals surface area (Å²) < 4.78 is 25.2. The van der Waals surface area contributed by atoms with Crippen LogP contribution in [0, 0.1) is 5.92 Å². The van der Waals surface area contributed by atoms with Gasteiger partial charge in [0.15, 0.2) is 0 Å². The summed E-state index contributed by atoms with van der Waals surface area (Å²) in [5.74, 6) is 1.95. The van der Waals surface area contributed by atoms with Gasteiger partial charge in [-0.05, 0) is 69.8 Å². The van der Waals surface area contributed by atoms with Gasteiger partial charge in [-0.25, -0.2) is 4.39 Å². The van der Waals surface area contributed by atoms with E-state index in [9.17, 15) is 4.39 Å². The lowest BCUT2D eigenvalue weighted by molar-refractivity contribution is 0.212. The van der Waals surface area contributed by atoms with Crippen LogP contribution in [0.2, 0.25) is 0 Å². The van der Waals surface area contributed by atoms with Gasteiger partial charge in [-0.15, -0.1) is 0 Å². The van der Waals surface area contributed by atoms with E-state index in [1.54, 1.807) is 20.3 Å². The van der Waals surface area contributed by atoms with Crippen molar-refractivity contribution in [3.63, 3.8) is 0 Å². The van der Waals surface area contributed by atoms with Gasteiger partial charge in [0.05, 0.1) is 14.2 Å². The molecule has 0 aliphatic carbocycles. The molecule has 0 aromatic heterocycles. The Morgan fingerprint density at radius 1 is 1.24 bits per heavy atom. The molecule has 118 valence electrons. The molecule has 21 heavy (non-hydrogen) atoms. The van der Waals surface area contributed by atoms with E-state index in [1.165, 1.54) is 26.7 Å². The predicted octanol–water partition coefficient (Wildman–Crippen LogP) is 3.45. The van der Waals surface area contributed by atoms with Crippen LogP contribution >= 0.6 is 0 Å². The summed E-state index contributed by atoms with van der Waals surface area (Å²) >= 11 is 0. The van der Waals surface area contributed by atoms with Crippen LogP contribution in [0.5, 0.6) is 11.5 Å². The summed E-state index contributed by atoms with van der Waals surface area (Å²) in [6.07, 6.45) is 3.36. The maximum atomic E-state index is 14.3. The first-order valence-corrected chi connectivity index (χ1v) is 7.60. The van der Waals surface area contributed by atoms with Gasteiger partial charge in [-0.3, -0.25) is 0 Å². The number of benzene rings is 1. The second-order valence-corrected chi connectivity index (χ2v) is 6.25. The molecular weight excluding hydrogens is 269 g/mol. The highest BCUT2D eigenvalue weighted by atomic mass is 19.1. The Morgan fingerprint density at radius 2 is 1.95 bits per heavy atom. The van der Waals surface area contributed by atoms with Crippen molar-refractivity contribution in [3.05, 3.63) is 23.3 Å². The van der Waals surface area contributed by atoms with Gasteiger partial charge in [0.25, 0.3) is 0 Å². The standard InChI is InChI=1S/C17H26FNO2/c1-17(2,18)14-10-15(20-3)13(9-16(14)21-4)8-12-6-5-7-19-11-12/h9-10,12,19H,5-8,11H2,1-4H3. The molecule has 3 nitrogen and oxygen atoms in total. The number of ether oxygens (including phenoxy) is 2. The molecule has 1 atom stereocenters. The fraction of sp³-hybridized carbons (Fsp3) is 0.647. The SMILES string of the molecule is COc1cc(C(C)(C)F)c(OC)cc1CC1CCCNC1. The minimum Gasteiger partial charge on any atom is -0.496 e. The second kappa shape index (κ2) is 6.65. The van der Waals surface area contributed by atoms with E-state index in [4.69, 9.17) is 9.47 Å². The molecule has 1 aromatic rings. The number of nitrogens with one attached hydrogen (secondary N) is 1. The highest BCUT2D eigenvalue weighted by Gasteiger charge is 2.26. The third kappa shape index (κ3) is 3.88. The van der Waals surface area contributed by atoms with E-state index in [2.05, 4.69) is 5.32 Å². The molecule has 0 saturated carbocycles. The molecule has 1 aromatic carbocycles. The van der Waals surface area contributed by atoms with E-state index >= 15 is 0 Å². The van der Waals surface area contributed by atoms with Crippen molar-refractivity contribution in [1.82, 2.24) is 5.32 Å². The molecule has 1 unspecified atom stereocenters. The van der Waals surface area contributed by atoms with Gasteiger partial charge in [-0.2, -0.15) is 0 Å². The average molecular weight is 295 g/mol. The zero-order chi connectivity index (χ0) is 15.5. The number of rotatable bonds is 5. The van der Waals surface area contributed by atoms with Gasteiger partial charge in [-0.1, -0.05) is 0 Å². The Kier molecular flexibility index (Phi) is 5.09. The van der Waals surface area contributed by atoms with Crippen LogP contribution in [0.3, 0.4) is 0 Å². The van der Waals surface area contributed by atoms with E-state index in [-0.39, 0.29) is 0 Å². The van der Waals surface area contributed by atoms with Crippen LogP contribution in [-0.4, -0.2) is 27.3 Å². The third-order valence-corrected chi connectivity index (χ3v) is 4.15. The van der Waals surface area contributed by atoms with Crippen LogP contribution < -0.4 is 14.8 Å². The molecule has 0 radical (unpaired) electrons. The molecule has 0 amide bonds. The molecule has 1 fully saturated rings. The molecule has 1 aliphatic heterocycles. The molecule has 0 spiro atoms. The smallest absolute Gasteiger partial charge is 0.134 e. The van der Waals surface area contributed by atoms with Crippen molar-refractivity contribution in [3.8, 4) is 11.5 Å². The van der Waals surface area contributed by atoms with Gasteiger partial charge in [0, 0.05) is 5.56 Å². The first-order valence-electron chi connectivity index (χ1n) is 7.60. The minimum absolute atomic E-state index is 0.535. The Labute approximate surface area is 126 Å². The van der Waals surface area contributed by atoms with Crippen molar-refractivity contribution in [1.29, 1.82) is 0 Å². The summed E-state index contributed by atoms with van der Waals surface area (Å²) in [5, 5.41) is 3.42. The fourth-order valence-corrected chi connectivity index (χ4v) is 2.99. The van der Waals surface area contributed by atoms with Gasteiger partial charge < -0.3 is 14.8 Å². The number of piperidine rings is 1. The Morgan fingerprint density at radius 3 is 2.48 bits per heavy atom. The molecule has 0 bridgehead atoms. The Hall–Kier alpha value is -1.29. The number of hydrogen-bond donors (Lipinski definition) is 1. The maximum absolute atomic E-state index is 14.3. The quantitative estimate of drug-likeness (QED) is 0.902. The van der Waals surface area contributed by atoms with Crippen LogP contribution in [0.1, 0.15) is 37.8 Å². The van der Waals surface area contributed by atoms with E-state index in [0.29, 0.717) is 17.2 Å². The number of halogens is 1. The third-order valence-electron chi connectivity index (χ3n) is 4.15.